The fraction of sp³-hybridized carbons (Fsp3) is 0.719. The predicted molar refractivity (Wildman–Crippen MR) is 284 cm³/mol. The summed E-state index contributed by atoms with van der Waals surface area (Å²) in [6.45, 7) is 3.60. The summed E-state index contributed by atoms with van der Waals surface area (Å²) >= 11 is 0. The van der Waals surface area contributed by atoms with Gasteiger partial charge < -0.3 is 20.1 Å². The van der Waals surface area contributed by atoms with Crippen LogP contribution in [0.2, 0.25) is 0 Å². The van der Waals surface area contributed by atoms with Crippen LogP contribution in [0.25, 0.3) is 0 Å². The monoisotopic (exact) mass is 958 g/mol. The molecular weight excluding hydrogens is 858 g/mol. The quantitative estimate of drug-likeness (QED) is 0.0264. The van der Waals surface area contributed by atoms with Gasteiger partial charge in [-0.25, -0.2) is 4.57 Å². The molecule has 2 unspecified atom stereocenters. The van der Waals surface area contributed by atoms with Gasteiger partial charge in [0.25, 0.3) is 0 Å². The highest BCUT2D eigenvalue weighted by atomic mass is 31.2. The number of nitrogens with two attached hydrogens (primary N) is 1. The number of hydrogen-bond acceptors (Lipinski definition) is 8. The van der Waals surface area contributed by atoms with Gasteiger partial charge in [-0.3, -0.25) is 18.6 Å². The SMILES string of the molecule is CC/C=C\C/C=C\C/C=C\C/C=C\C/C=C\CCCCCCCC(=O)OC(COC(=O)CCCCCCCCCCCCCCC/C=C\C/C=C\CCCCCCC)COP(=O)(O)OCCN. The summed E-state index contributed by atoms with van der Waals surface area (Å²) in [7, 11) is -4.40. The van der Waals surface area contributed by atoms with Gasteiger partial charge in [0.05, 0.1) is 13.2 Å². The molecule has 0 aromatic carbocycles. The van der Waals surface area contributed by atoms with Crippen molar-refractivity contribution in [3.63, 3.8) is 0 Å². The minimum atomic E-state index is -4.40. The lowest BCUT2D eigenvalue weighted by Crippen LogP contribution is -2.29. The van der Waals surface area contributed by atoms with E-state index in [1.54, 1.807) is 0 Å². The largest absolute Gasteiger partial charge is 0.472 e. The zero-order valence-corrected chi connectivity index (χ0v) is 43.8. The fourth-order valence-corrected chi connectivity index (χ4v) is 8.05. The third-order valence-corrected chi connectivity index (χ3v) is 12.2. The molecular formula is C57H100NO8P. The van der Waals surface area contributed by atoms with Crippen LogP contribution in [-0.4, -0.2) is 49.3 Å². The van der Waals surface area contributed by atoms with Gasteiger partial charge in [-0.2, -0.15) is 0 Å². The molecule has 9 nitrogen and oxygen atoms in total. The number of rotatable bonds is 50. The molecule has 0 aromatic rings. The Kier molecular flexibility index (Phi) is 50.4. The van der Waals surface area contributed by atoms with E-state index in [0.29, 0.717) is 6.42 Å². The van der Waals surface area contributed by atoms with Gasteiger partial charge in [0.15, 0.2) is 6.10 Å². The number of ether oxygens (including phenoxy) is 2. The number of allylic oxidation sites excluding steroid dienone is 14. The standard InChI is InChI=1S/C57H100NO8P/c1-3-5-7-9-11-13-15-17-19-21-23-25-26-27-28-30-31-33-35-37-39-41-43-45-47-49-56(59)63-53-55(54-65-67(61,62)64-52-51-58)66-57(60)50-48-46-44-42-40-38-36-34-32-29-24-22-20-18-16-14-12-10-8-6-4-2/h6,8,12,14-15,17-18,20-21,23-24,29,34,36,55H,3-5,7,9-11,13,16,19,22,25-28,30-33,35,37-54,58H2,1-2H3,(H,61,62)/b8-6-,14-12-,17-15-,20-18-,23-21-,29-24-,36-34-. The third-order valence-electron chi connectivity index (χ3n) is 11.3. The van der Waals surface area contributed by atoms with Crippen molar-refractivity contribution in [3.05, 3.63) is 85.1 Å². The van der Waals surface area contributed by atoms with Crippen LogP contribution in [0.5, 0.6) is 0 Å². The van der Waals surface area contributed by atoms with Crippen LogP contribution in [0.15, 0.2) is 85.1 Å². The Hall–Kier alpha value is -2.81. The molecule has 0 heterocycles. The maximum absolute atomic E-state index is 12.7. The summed E-state index contributed by atoms with van der Waals surface area (Å²) < 4.78 is 33.0. The van der Waals surface area contributed by atoms with Crippen LogP contribution in [-0.2, 0) is 32.7 Å². The molecule has 0 spiro atoms. The van der Waals surface area contributed by atoms with Crippen molar-refractivity contribution in [3.8, 4) is 0 Å². The van der Waals surface area contributed by atoms with Gasteiger partial charge in [-0.05, 0) is 89.9 Å². The maximum Gasteiger partial charge on any atom is 0.472 e. The van der Waals surface area contributed by atoms with Crippen molar-refractivity contribution in [1.82, 2.24) is 0 Å². The lowest BCUT2D eigenvalue weighted by molar-refractivity contribution is -0.161. The molecule has 0 saturated carbocycles. The van der Waals surface area contributed by atoms with Gasteiger partial charge in [-0.15, -0.1) is 0 Å². The van der Waals surface area contributed by atoms with Crippen LogP contribution in [0, 0.1) is 0 Å². The molecule has 3 N–H and O–H groups in total. The highest BCUT2D eigenvalue weighted by molar-refractivity contribution is 7.47. The highest BCUT2D eigenvalue weighted by Crippen LogP contribution is 2.43. The first-order valence-electron chi connectivity index (χ1n) is 27.1. The normalized spacial score (nSPS) is 13.8. The van der Waals surface area contributed by atoms with E-state index in [4.69, 9.17) is 24.3 Å². The van der Waals surface area contributed by atoms with Crippen LogP contribution in [0.1, 0.15) is 232 Å². The van der Waals surface area contributed by atoms with Crippen LogP contribution >= 0.6 is 7.82 Å². The van der Waals surface area contributed by atoms with Crippen molar-refractivity contribution in [1.29, 1.82) is 0 Å². The summed E-state index contributed by atoms with van der Waals surface area (Å²) in [4.78, 5) is 35.1. The van der Waals surface area contributed by atoms with E-state index in [1.165, 1.54) is 109 Å². The molecule has 0 aliphatic carbocycles. The van der Waals surface area contributed by atoms with Crippen LogP contribution in [0.3, 0.4) is 0 Å². The van der Waals surface area contributed by atoms with E-state index in [9.17, 15) is 19.0 Å². The second-order valence-corrected chi connectivity index (χ2v) is 19.2. The minimum Gasteiger partial charge on any atom is -0.462 e. The number of carbonyl (C=O) groups is 2. The number of hydrogen-bond donors (Lipinski definition) is 2. The molecule has 0 radical (unpaired) electrons. The Morgan fingerprint density at radius 2 is 0.821 bits per heavy atom. The zero-order chi connectivity index (χ0) is 48.8. The zero-order valence-electron chi connectivity index (χ0n) is 42.9. The fourth-order valence-electron chi connectivity index (χ4n) is 7.28. The summed E-state index contributed by atoms with van der Waals surface area (Å²) in [5.41, 5.74) is 5.37. The van der Waals surface area contributed by atoms with E-state index >= 15 is 0 Å². The minimum absolute atomic E-state index is 0.0460. The van der Waals surface area contributed by atoms with Gasteiger partial charge in [0.2, 0.25) is 0 Å². The van der Waals surface area contributed by atoms with Crippen LogP contribution < -0.4 is 5.73 Å². The van der Waals surface area contributed by atoms with Crippen molar-refractivity contribution in [2.75, 3.05) is 26.4 Å². The molecule has 0 aliphatic rings. The summed E-state index contributed by atoms with van der Waals surface area (Å²) in [5, 5.41) is 0. The Morgan fingerprint density at radius 3 is 1.22 bits per heavy atom. The first kappa shape index (κ1) is 64.2. The topological polar surface area (TPSA) is 134 Å². The molecule has 0 fully saturated rings. The summed E-state index contributed by atoms with van der Waals surface area (Å²) in [6, 6.07) is 0. The van der Waals surface area contributed by atoms with E-state index in [-0.39, 0.29) is 38.6 Å². The molecule has 0 aliphatic heterocycles. The van der Waals surface area contributed by atoms with Gasteiger partial charge in [0, 0.05) is 19.4 Å². The molecule has 2 atom stereocenters. The van der Waals surface area contributed by atoms with Gasteiger partial charge in [0.1, 0.15) is 6.61 Å². The molecule has 386 valence electrons. The Bertz CT molecular complexity index is 1370. The molecule has 67 heavy (non-hydrogen) atoms. The first-order chi connectivity index (χ1) is 32.8. The molecule has 0 rings (SSSR count). The first-order valence-corrected chi connectivity index (χ1v) is 28.6. The lowest BCUT2D eigenvalue weighted by Gasteiger charge is -2.19. The third kappa shape index (κ3) is 52.4. The van der Waals surface area contributed by atoms with Crippen LogP contribution in [0.4, 0.5) is 0 Å². The Labute approximate surface area is 411 Å². The van der Waals surface area contributed by atoms with E-state index < -0.39 is 26.5 Å². The molecule has 0 amide bonds. The number of esters is 2. The molecule has 0 saturated heterocycles. The van der Waals surface area contributed by atoms with Crippen molar-refractivity contribution >= 4 is 19.8 Å². The Morgan fingerprint density at radius 1 is 0.463 bits per heavy atom. The van der Waals surface area contributed by atoms with E-state index in [2.05, 4.69) is 98.9 Å². The molecule has 10 heteroatoms. The van der Waals surface area contributed by atoms with Crippen molar-refractivity contribution in [2.45, 2.75) is 238 Å². The van der Waals surface area contributed by atoms with Crippen molar-refractivity contribution in [2.24, 2.45) is 5.73 Å². The Balaban J connectivity index is 4.05. The molecule has 0 bridgehead atoms. The second kappa shape index (κ2) is 52.6. The predicted octanol–water partition coefficient (Wildman–Crippen LogP) is 16.7. The lowest BCUT2D eigenvalue weighted by atomic mass is 10.0. The second-order valence-electron chi connectivity index (χ2n) is 17.7. The molecule has 0 aromatic heterocycles. The average Bonchev–Trinajstić information content (AvgIpc) is 3.32. The van der Waals surface area contributed by atoms with Crippen molar-refractivity contribution < 1.29 is 37.6 Å². The number of unbranched alkanes of at least 4 members (excludes halogenated alkanes) is 23. The summed E-state index contributed by atoms with van der Waals surface area (Å²) in [6.07, 6.45) is 67.7. The average molecular weight is 958 g/mol. The van der Waals surface area contributed by atoms with Gasteiger partial charge in [-0.1, -0.05) is 214 Å². The summed E-state index contributed by atoms with van der Waals surface area (Å²) in [5.74, 6) is -0.851. The van der Waals surface area contributed by atoms with E-state index in [1.807, 2.05) is 0 Å². The van der Waals surface area contributed by atoms with Gasteiger partial charge >= 0.3 is 19.8 Å². The highest BCUT2D eigenvalue weighted by Gasteiger charge is 2.26. The number of carbonyl (C=O) groups excluding carboxylic acids is 2. The number of phosphoric ester groups is 1. The maximum atomic E-state index is 12.7. The van der Waals surface area contributed by atoms with E-state index in [0.717, 1.165) is 89.9 Å². The number of phosphoric acid groups is 1. The smallest absolute Gasteiger partial charge is 0.462 e.